The number of nitrogens with two attached hydrogens (primary N) is 1. The van der Waals surface area contributed by atoms with Crippen LogP contribution in [0.4, 0.5) is 0 Å². The highest BCUT2D eigenvalue weighted by Crippen LogP contribution is 2.33. The minimum atomic E-state index is 0.420. The van der Waals surface area contributed by atoms with Crippen LogP contribution in [-0.2, 0) is 6.54 Å². The van der Waals surface area contributed by atoms with Gasteiger partial charge in [0, 0.05) is 6.54 Å². The molecule has 1 aromatic rings. The van der Waals surface area contributed by atoms with E-state index >= 15 is 0 Å². The van der Waals surface area contributed by atoms with Gasteiger partial charge in [-0.15, -0.1) is 0 Å². The van der Waals surface area contributed by atoms with Crippen LogP contribution in [0.2, 0.25) is 10.0 Å². The Balaban J connectivity index is 3.18. The van der Waals surface area contributed by atoms with Crippen LogP contribution in [0.1, 0.15) is 5.56 Å². The normalized spacial score (nSPS) is 10.0. The average molecular weight is 206 g/mol. The third-order valence-corrected chi connectivity index (χ3v) is 2.06. The molecule has 0 saturated heterocycles. The number of halogens is 2. The summed E-state index contributed by atoms with van der Waals surface area (Å²) in [5, 5.41) is 0.982. The summed E-state index contributed by atoms with van der Waals surface area (Å²) in [4.78, 5) is 0. The van der Waals surface area contributed by atoms with Crippen molar-refractivity contribution in [3.63, 3.8) is 0 Å². The van der Waals surface area contributed by atoms with E-state index in [0.717, 1.165) is 5.56 Å². The standard InChI is InChI=1S/C8H9Cl2NO/c1-12-8-6(9)2-5(4-11)3-7(8)10/h2-3H,4,11H2,1H3. The van der Waals surface area contributed by atoms with Crippen LogP contribution in [-0.4, -0.2) is 7.11 Å². The van der Waals surface area contributed by atoms with Gasteiger partial charge in [0.05, 0.1) is 17.2 Å². The highest BCUT2D eigenvalue weighted by Gasteiger charge is 2.06. The van der Waals surface area contributed by atoms with Crippen LogP contribution >= 0.6 is 23.2 Å². The van der Waals surface area contributed by atoms with Crippen molar-refractivity contribution in [2.45, 2.75) is 6.54 Å². The first-order valence-electron chi connectivity index (χ1n) is 3.41. The van der Waals surface area contributed by atoms with Crippen molar-refractivity contribution in [2.75, 3.05) is 7.11 Å². The maximum absolute atomic E-state index is 5.85. The third kappa shape index (κ3) is 1.83. The Morgan fingerprint density at radius 3 is 2.17 bits per heavy atom. The van der Waals surface area contributed by atoms with E-state index in [2.05, 4.69) is 0 Å². The molecule has 0 aliphatic rings. The second-order valence-corrected chi connectivity index (χ2v) is 3.11. The van der Waals surface area contributed by atoms with Crippen molar-refractivity contribution < 1.29 is 4.74 Å². The second kappa shape index (κ2) is 3.99. The molecule has 2 nitrogen and oxygen atoms in total. The highest BCUT2D eigenvalue weighted by molar-refractivity contribution is 6.37. The summed E-state index contributed by atoms with van der Waals surface area (Å²) in [5.41, 5.74) is 6.32. The van der Waals surface area contributed by atoms with E-state index < -0.39 is 0 Å². The second-order valence-electron chi connectivity index (χ2n) is 2.30. The molecule has 0 spiro atoms. The SMILES string of the molecule is COc1c(Cl)cc(CN)cc1Cl. The zero-order valence-electron chi connectivity index (χ0n) is 6.60. The molecule has 2 N–H and O–H groups in total. The Morgan fingerprint density at radius 2 is 1.83 bits per heavy atom. The van der Waals surface area contributed by atoms with Gasteiger partial charge in [0.2, 0.25) is 0 Å². The topological polar surface area (TPSA) is 35.2 Å². The fourth-order valence-electron chi connectivity index (χ4n) is 0.925. The number of benzene rings is 1. The molecule has 12 heavy (non-hydrogen) atoms. The molecule has 0 amide bonds. The van der Waals surface area contributed by atoms with Crippen molar-refractivity contribution in [1.29, 1.82) is 0 Å². The molecule has 0 aliphatic heterocycles. The van der Waals surface area contributed by atoms with Crippen LogP contribution in [0.5, 0.6) is 5.75 Å². The highest BCUT2D eigenvalue weighted by atomic mass is 35.5. The fraction of sp³-hybridized carbons (Fsp3) is 0.250. The predicted octanol–water partition coefficient (Wildman–Crippen LogP) is 2.46. The molecule has 0 saturated carbocycles. The lowest BCUT2D eigenvalue weighted by molar-refractivity contribution is 0.415. The first-order valence-corrected chi connectivity index (χ1v) is 4.16. The zero-order chi connectivity index (χ0) is 9.14. The summed E-state index contributed by atoms with van der Waals surface area (Å²) in [6, 6.07) is 3.48. The minimum Gasteiger partial charge on any atom is -0.494 e. The predicted molar refractivity (Wildman–Crippen MR) is 50.9 cm³/mol. The lowest BCUT2D eigenvalue weighted by Crippen LogP contribution is -1.97. The van der Waals surface area contributed by atoms with E-state index in [-0.39, 0.29) is 0 Å². The van der Waals surface area contributed by atoms with Gasteiger partial charge in [-0.3, -0.25) is 0 Å². The Labute approximate surface area is 81.2 Å². The van der Waals surface area contributed by atoms with Crippen LogP contribution in [0, 0.1) is 0 Å². The van der Waals surface area contributed by atoms with E-state index in [9.17, 15) is 0 Å². The summed E-state index contributed by atoms with van der Waals surface area (Å²) >= 11 is 11.7. The average Bonchev–Trinajstić information content (AvgIpc) is 2.03. The summed E-state index contributed by atoms with van der Waals surface area (Å²) in [5.74, 6) is 0.496. The minimum absolute atomic E-state index is 0.420. The number of hydrogen-bond donors (Lipinski definition) is 1. The van der Waals surface area contributed by atoms with Gasteiger partial charge in [0.1, 0.15) is 0 Å². The third-order valence-electron chi connectivity index (χ3n) is 1.50. The molecule has 66 valence electrons. The maximum Gasteiger partial charge on any atom is 0.156 e. The van der Waals surface area contributed by atoms with Gasteiger partial charge in [0.15, 0.2) is 5.75 Å². The lowest BCUT2D eigenvalue weighted by atomic mass is 10.2. The quantitative estimate of drug-likeness (QED) is 0.806. The Morgan fingerprint density at radius 1 is 1.33 bits per heavy atom. The van der Waals surface area contributed by atoms with Gasteiger partial charge in [-0.2, -0.15) is 0 Å². The summed E-state index contributed by atoms with van der Waals surface area (Å²) < 4.78 is 4.97. The van der Waals surface area contributed by atoms with E-state index in [1.807, 2.05) is 0 Å². The van der Waals surface area contributed by atoms with Crippen molar-refractivity contribution in [3.05, 3.63) is 27.7 Å². The fourth-order valence-corrected chi connectivity index (χ4v) is 1.61. The van der Waals surface area contributed by atoms with E-state index in [1.165, 1.54) is 7.11 Å². The van der Waals surface area contributed by atoms with Crippen molar-refractivity contribution in [2.24, 2.45) is 5.73 Å². The molecule has 0 bridgehead atoms. The Bertz CT molecular complexity index is 265. The smallest absolute Gasteiger partial charge is 0.156 e. The van der Waals surface area contributed by atoms with Gasteiger partial charge in [-0.25, -0.2) is 0 Å². The summed E-state index contributed by atoms with van der Waals surface area (Å²) in [6.45, 7) is 0.420. The first-order chi connectivity index (χ1) is 5.69. The molecule has 1 rings (SSSR count). The van der Waals surface area contributed by atoms with Crippen LogP contribution in [0.3, 0.4) is 0 Å². The first kappa shape index (κ1) is 9.65. The monoisotopic (exact) mass is 205 g/mol. The molecular formula is C8H9Cl2NO. The maximum atomic E-state index is 5.85. The number of ether oxygens (including phenoxy) is 1. The lowest BCUT2D eigenvalue weighted by Gasteiger charge is -2.06. The van der Waals surface area contributed by atoms with Crippen LogP contribution in [0.15, 0.2) is 12.1 Å². The molecule has 0 unspecified atom stereocenters. The van der Waals surface area contributed by atoms with Crippen molar-refractivity contribution in [1.82, 2.24) is 0 Å². The summed E-state index contributed by atoms with van der Waals surface area (Å²) in [7, 11) is 1.52. The van der Waals surface area contributed by atoms with Crippen LogP contribution in [0.25, 0.3) is 0 Å². The number of hydrogen-bond acceptors (Lipinski definition) is 2. The van der Waals surface area contributed by atoms with Gasteiger partial charge in [-0.05, 0) is 17.7 Å². The Hall–Kier alpha value is -0.440. The molecule has 0 aromatic heterocycles. The number of rotatable bonds is 2. The summed E-state index contributed by atoms with van der Waals surface area (Å²) in [6.07, 6.45) is 0. The largest absolute Gasteiger partial charge is 0.494 e. The molecule has 4 heteroatoms. The van der Waals surface area contributed by atoms with Gasteiger partial charge in [-0.1, -0.05) is 23.2 Å². The Kier molecular flexibility index (Phi) is 3.20. The molecule has 0 radical (unpaired) electrons. The van der Waals surface area contributed by atoms with E-state index in [1.54, 1.807) is 12.1 Å². The van der Waals surface area contributed by atoms with Crippen molar-refractivity contribution >= 4 is 23.2 Å². The molecule has 0 atom stereocenters. The zero-order valence-corrected chi connectivity index (χ0v) is 8.12. The molecule has 1 aromatic carbocycles. The van der Waals surface area contributed by atoms with E-state index in [4.69, 9.17) is 33.7 Å². The number of methoxy groups -OCH3 is 1. The van der Waals surface area contributed by atoms with Gasteiger partial charge < -0.3 is 10.5 Å². The molecule has 0 aliphatic carbocycles. The molecule has 0 heterocycles. The van der Waals surface area contributed by atoms with Crippen LogP contribution < -0.4 is 10.5 Å². The molecule has 0 fully saturated rings. The molecular weight excluding hydrogens is 197 g/mol. The van der Waals surface area contributed by atoms with Gasteiger partial charge >= 0.3 is 0 Å². The van der Waals surface area contributed by atoms with Crippen molar-refractivity contribution in [3.8, 4) is 5.75 Å². The van der Waals surface area contributed by atoms with Gasteiger partial charge in [0.25, 0.3) is 0 Å². The van der Waals surface area contributed by atoms with E-state index in [0.29, 0.717) is 22.3 Å².